The Kier molecular flexibility index (Phi) is 57.1. The van der Waals surface area contributed by atoms with Crippen LogP contribution in [-0.4, -0.2) is 66.3 Å². The fourth-order valence-electron chi connectivity index (χ4n) is 13.2. The molecule has 136 heavy (non-hydrogen) atoms. The van der Waals surface area contributed by atoms with E-state index in [1.54, 1.807) is 66.7 Å². The third-order valence-corrected chi connectivity index (χ3v) is 19.8. The smallest absolute Gasteiger partial charge is 0.871 e. The molecule has 0 aliphatic heterocycles. The van der Waals surface area contributed by atoms with Gasteiger partial charge in [0.05, 0.1) is 24.2 Å². The number of hydrogen-bond donors (Lipinski definition) is 8. The first-order valence-corrected chi connectivity index (χ1v) is 39.7. The van der Waals surface area contributed by atoms with Gasteiger partial charge in [0.2, 0.25) is 0 Å². The van der Waals surface area contributed by atoms with Crippen LogP contribution in [0.15, 0.2) is 262 Å². The monoisotopic (exact) mass is 1920 g/mol. The van der Waals surface area contributed by atoms with E-state index in [1.165, 1.54) is 53.0 Å². The number of hydrogen-bond acceptors (Lipinski definition) is 21. The van der Waals surface area contributed by atoms with Gasteiger partial charge in [-0.25, -0.2) is 19.2 Å². The van der Waals surface area contributed by atoms with E-state index in [9.17, 15) is 98.4 Å². The van der Waals surface area contributed by atoms with Crippen LogP contribution in [0.25, 0.3) is 0 Å². The minimum Gasteiger partial charge on any atom is -0.871 e. The Balaban J connectivity index is 0.000000889. The van der Waals surface area contributed by atoms with Gasteiger partial charge in [-0.1, -0.05) is 228 Å². The molecule has 0 bridgehead atoms. The van der Waals surface area contributed by atoms with Crippen LogP contribution in [0.5, 0.6) is 34.5 Å². The largest absolute Gasteiger partial charge is 1.00 e. The van der Waals surface area contributed by atoms with Crippen LogP contribution in [0.4, 0.5) is 41.9 Å². The van der Waals surface area contributed by atoms with Crippen LogP contribution in [0.2, 0.25) is 0 Å². The number of carboxylic acids is 4. The second-order valence-corrected chi connectivity index (χ2v) is 30.0. The number of ether oxygens (including phenoxy) is 1. The molecule has 0 spiro atoms. The average molecular weight is 1920 g/mol. The van der Waals surface area contributed by atoms with Gasteiger partial charge in [-0.3, -0.25) is 19.2 Å². The number of urea groups is 4. The number of carboxylic acid groups (broad SMARTS) is 4. The van der Waals surface area contributed by atoms with Crippen molar-refractivity contribution in [2.45, 2.75) is 96.8 Å². The van der Waals surface area contributed by atoms with Gasteiger partial charge in [0.15, 0.2) is 0 Å². The third-order valence-electron chi connectivity index (χ3n) is 19.8. The fraction of sp³-hybridized carbons (Fsp3) is 0.200. The SMILES string of the molecule is Cc1ccc(Cc2cccc([C@H](CC(=O)[O-])NC(=O)Nc3c([O-])ccn(C)c3=O)c2)cc1.Cc1cccc(Cc2cccc([C@H](CC(=O)[O-])NC(=O)Nc3c([O-])ccn(C)c3=O)c2)c1.Cc1cccc(Oc2cccc([C@H](CC(=O)[O-])NC(=O)Nc3c([O-])ccn(C)c3=O)c2)c1.Cc1ccccc1Cc1cccc([C@H](CC(=O)[O-])NC(=O)Nc2c([O-])ccn(C)c2=O)c1.[Na+].[Na+].[Na+].[Na+].[Na+].[Na+].[Na+].[Na+]. The molecule has 12 aromatic rings. The summed E-state index contributed by atoms with van der Waals surface area (Å²) in [5, 5.41) is 112. The zero-order valence-corrected chi connectivity index (χ0v) is 94.7. The molecule has 0 fully saturated rings. The number of pyridine rings is 4. The number of carbonyl (C=O) groups excluding carboxylic acids is 8. The summed E-state index contributed by atoms with van der Waals surface area (Å²) in [6.45, 7) is 7.95. The van der Waals surface area contributed by atoms with E-state index >= 15 is 0 Å². The van der Waals surface area contributed by atoms with Crippen molar-refractivity contribution in [3.8, 4) is 34.5 Å². The van der Waals surface area contributed by atoms with Gasteiger partial charge in [0, 0.05) is 103 Å². The minimum atomic E-state index is -1.39. The molecule has 0 radical (unpaired) electrons. The van der Waals surface area contributed by atoms with Gasteiger partial charge in [-0.15, -0.1) is 0 Å². The van der Waals surface area contributed by atoms with Crippen molar-refractivity contribution in [2.75, 3.05) is 21.3 Å². The zero-order chi connectivity index (χ0) is 93.0. The maximum absolute atomic E-state index is 12.5. The molecule has 4 heterocycles. The molecule has 8 amide bonds. The molecule has 8 aromatic carbocycles. The van der Waals surface area contributed by atoms with Gasteiger partial charge >= 0.3 is 261 Å². The summed E-state index contributed by atoms with van der Waals surface area (Å²) in [7, 11) is 5.78. The summed E-state index contributed by atoms with van der Waals surface area (Å²) in [6, 6.07) is 57.1. The van der Waals surface area contributed by atoms with Crippen LogP contribution >= 0.6 is 0 Å². The van der Waals surface area contributed by atoms with Crippen LogP contribution < -0.4 is 347 Å². The number of aliphatic carboxylic acids is 4. The number of aromatic nitrogens is 4. The molecule has 4 aromatic heterocycles. The Morgan fingerprint density at radius 3 is 0.882 bits per heavy atom. The van der Waals surface area contributed by atoms with Crippen molar-refractivity contribution in [3.63, 3.8) is 0 Å². The number of carbonyl (C=O) groups is 8. The van der Waals surface area contributed by atoms with Gasteiger partial charge in [0.1, 0.15) is 34.2 Å². The first kappa shape index (κ1) is 126. The Morgan fingerprint density at radius 2 is 0.566 bits per heavy atom. The molecule has 4 atom stereocenters. The van der Waals surface area contributed by atoms with Crippen LogP contribution in [0.3, 0.4) is 0 Å². The van der Waals surface area contributed by atoms with Gasteiger partial charge in [-0.05, 0) is 138 Å². The maximum Gasteiger partial charge on any atom is 1.00 e. The van der Waals surface area contributed by atoms with Crippen molar-refractivity contribution >= 4 is 70.8 Å². The molecule has 8 N–H and O–H groups in total. The number of rotatable bonds is 28. The predicted octanol–water partition coefficient (Wildman–Crippen LogP) is -18.3. The van der Waals surface area contributed by atoms with E-state index in [0.717, 1.165) is 98.2 Å². The first-order chi connectivity index (χ1) is 60.9. The summed E-state index contributed by atoms with van der Waals surface area (Å²) in [4.78, 5) is 144. The molecule has 0 unspecified atom stereocenters. The zero-order valence-electron chi connectivity index (χ0n) is 78.7. The number of anilines is 4. The second-order valence-electron chi connectivity index (χ2n) is 30.0. The van der Waals surface area contributed by atoms with Crippen molar-refractivity contribution < 1.29 is 320 Å². The number of nitrogens with zero attached hydrogens (tertiary/aromatic N) is 4. The molecule has 0 saturated carbocycles. The second kappa shape index (κ2) is 61.9. The van der Waals surface area contributed by atoms with E-state index in [1.807, 2.05) is 149 Å². The first-order valence-electron chi connectivity index (χ1n) is 39.7. The topological polar surface area (TPSA) is 515 Å². The van der Waals surface area contributed by atoms with Crippen LogP contribution in [0, 0.1) is 27.7 Å². The Bertz CT molecular complexity index is 6160. The maximum atomic E-state index is 12.5. The van der Waals surface area contributed by atoms with Crippen molar-refractivity contribution in [1.82, 2.24) is 39.5 Å². The summed E-state index contributed by atoms with van der Waals surface area (Å²) in [6.07, 6.45) is 5.15. The van der Waals surface area contributed by atoms with E-state index in [2.05, 4.69) is 48.6 Å². The predicted molar refractivity (Wildman–Crippen MR) is 462 cm³/mol. The van der Waals surface area contributed by atoms with Crippen molar-refractivity contribution in [1.29, 1.82) is 0 Å². The molecule has 41 heteroatoms. The van der Waals surface area contributed by atoms with E-state index in [0.29, 0.717) is 53.0 Å². The number of benzene rings is 8. The Labute approximate surface area is 961 Å². The minimum absolute atomic E-state index is 0. The summed E-state index contributed by atoms with van der Waals surface area (Å²) in [5.41, 5.74) is 8.41. The molecule has 0 aliphatic rings. The summed E-state index contributed by atoms with van der Waals surface area (Å²) >= 11 is 0. The van der Waals surface area contributed by atoms with Crippen molar-refractivity contribution in [2.24, 2.45) is 28.2 Å². The van der Waals surface area contributed by atoms with Crippen LogP contribution in [0.1, 0.15) is 128 Å². The van der Waals surface area contributed by atoms with Gasteiger partial charge in [-0.2, -0.15) is 0 Å². The third kappa shape index (κ3) is 40.0. The number of nitrogens with one attached hydrogen (secondary N) is 8. The van der Waals surface area contributed by atoms with E-state index in [4.69, 9.17) is 4.74 Å². The molecule has 33 nitrogen and oxygen atoms in total. The summed E-state index contributed by atoms with van der Waals surface area (Å²) < 4.78 is 10.4. The Hall–Kier alpha value is -8.48. The molecular weight excluding hydrogens is 1830 g/mol. The summed E-state index contributed by atoms with van der Waals surface area (Å²) in [5.74, 6) is -6.96. The molecule has 12 rings (SSSR count). The molecule has 0 saturated heterocycles. The van der Waals surface area contributed by atoms with Gasteiger partial charge < -0.3 is 126 Å². The molecule has 664 valence electrons. The van der Waals surface area contributed by atoms with Gasteiger partial charge in [0.25, 0.3) is 22.2 Å². The molecule has 0 aliphatic carbocycles. The molecular formula is C95H90N12Na8O21. The van der Waals surface area contributed by atoms with Crippen LogP contribution in [-0.2, 0) is 66.6 Å². The normalized spacial score (nSPS) is 10.9. The van der Waals surface area contributed by atoms with E-state index < -0.39 is 166 Å². The average Bonchev–Trinajstić information content (AvgIpc) is 0.832. The number of aryl methyl sites for hydroxylation is 8. The standard InChI is InChI=1S/3C24H25N3O5.C23H23N3O6.8Na/c1-15-5-3-6-16(11-15)12-17-7-4-8-18(13-17)19(14-21(29)30)25-24(32)26-22-20(28)9-10-27(2)23(22)31;1-15-6-3-4-8-17(15)12-16-7-5-9-18(13-16)19(14-21(29)30)25-24(32)26-22-20(28)10-11-27(2)23(22)31;1-15-6-8-16(9-7-15)12-17-4-3-5-18(13-17)19(14-21(29)30)25-24(32)26-22-20(28)10-11-27(2)23(22)31;1-14-5-3-7-16(11-14)32-17-8-4-6-15(12-17)18(13-20(28)29)24-23(31)25-21-19(27)9-10-26(2)22(21)30;;;;;;;;/h3*3-11,13,19,28H,12,14H2,1-2H3,(H,29,30)(H2,25,26,32);3-12,18,27H,13H2,1-2H3,(H,28,29)(H2,24,25,31);;;;;;;;/q;;;;8*+1/p-8/t3*19-;18-;;;;;;;;/m0000......../s1. The Morgan fingerprint density at radius 1 is 0.294 bits per heavy atom. The number of amides is 8. The quantitative estimate of drug-likeness (QED) is 0.0211. The van der Waals surface area contributed by atoms with E-state index in [-0.39, 0.29) is 236 Å². The van der Waals surface area contributed by atoms with Crippen molar-refractivity contribution in [3.05, 3.63) is 362 Å². The fourth-order valence-corrected chi connectivity index (χ4v) is 13.2.